The second kappa shape index (κ2) is 7.06. The second-order valence-corrected chi connectivity index (χ2v) is 7.28. The lowest BCUT2D eigenvalue weighted by atomic mass is 9.99. The molecule has 0 atom stereocenters. The maximum absolute atomic E-state index is 12.0. The van der Waals surface area contributed by atoms with Crippen molar-refractivity contribution in [2.24, 2.45) is 0 Å². The lowest BCUT2D eigenvalue weighted by Gasteiger charge is -2.08. The van der Waals surface area contributed by atoms with E-state index in [0.717, 1.165) is 25.7 Å². The first kappa shape index (κ1) is 15.9. The van der Waals surface area contributed by atoms with Crippen molar-refractivity contribution >= 4 is 40.5 Å². The highest BCUT2D eigenvalue weighted by Crippen LogP contribution is 2.29. The van der Waals surface area contributed by atoms with Crippen LogP contribution in [0, 0.1) is 0 Å². The summed E-state index contributed by atoms with van der Waals surface area (Å²) in [7, 11) is 0. The van der Waals surface area contributed by atoms with Crippen LogP contribution in [0.2, 0.25) is 0 Å². The van der Waals surface area contributed by atoms with Gasteiger partial charge in [-0.3, -0.25) is 14.9 Å². The zero-order valence-electron chi connectivity index (χ0n) is 12.3. The number of rotatable bonds is 4. The number of aryl methyl sites for hydroxylation is 2. The third kappa shape index (κ3) is 3.86. The number of carbonyl (C=O) groups excluding carboxylic acids is 3. The number of esters is 1. The molecule has 7 heteroatoms. The van der Waals surface area contributed by atoms with Crippen LogP contribution in [0.3, 0.4) is 0 Å². The number of hydrogen-bond acceptors (Lipinski definition) is 6. The molecule has 2 heterocycles. The number of fused-ring (bicyclic) bond motifs is 1. The van der Waals surface area contributed by atoms with E-state index in [2.05, 4.69) is 5.32 Å². The van der Waals surface area contributed by atoms with Gasteiger partial charge < -0.3 is 4.74 Å². The van der Waals surface area contributed by atoms with Gasteiger partial charge in [-0.25, -0.2) is 4.79 Å². The Kier molecular flexibility index (Phi) is 4.88. The molecule has 2 aromatic heterocycles. The Hall–Kier alpha value is -1.99. The summed E-state index contributed by atoms with van der Waals surface area (Å²) in [6.45, 7) is -0.460. The number of hydrogen-bond donors (Lipinski definition) is 1. The third-order valence-corrected chi connectivity index (χ3v) is 5.62. The van der Waals surface area contributed by atoms with Crippen molar-refractivity contribution in [2.45, 2.75) is 25.7 Å². The maximum Gasteiger partial charge on any atom is 0.348 e. The molecule has 0 fully saturated rings. The highest BCUT2D eigenvalue weighted by molar-refractivity contribution is 7.14. The minimum absolute atomic E-state index is 0.440. The molecular formula is C16H15NO4S2. The van der Waals surface area contributed by atoms with Gasteiger partial charge >= 0.3 is 5.97 Å². The van der Waals surface area contributed by atoms with E-state index >= 15 is 0 Å². The molecule has 0 bridgehead atoms. The van der Waals surface area contributed by atoms with Gasteiger partial charge in [-0.2, -0.15) is 0 Å². The standard InChI is InChI=1S/C16H15NO4S2/c18-14(17-15(19)12-6-3-7-22-12)9-21-16(20)13-8-10-4-1-2-5-11(10)23-13/h3,6-8H,1-2,4-5,9H2,(H,17,18,19). The smallest absolute Gasteiger partial charge is 0.348 e. The summed E-state index contributed by atoms with van der Waals surface area (Å²) in [6, 6.07) is 5.20. The first-order chi connectivity index (χ1) is 11.1. The molecule has 1 N–H and O–H groups in total. The largest absolute Gasteiger partial charge is 0.451 e. The number of nitrogens with one attached hydrogen (secondary N) is 1. The molecule has 23 heavy (non-hydrogen) atoms. The van der Waals surface area contributed by atoms with Crippen molar-refractivity contribution in [1.29, 1.82) is 0 Å². The lowest BCUT2D eigenvalue weighted by molar-refractivity contribution is -0.123. The van der Waals surface area contributed by atoms with Gasteiger partial charge in [0, 0.05) is 4.88 Å². The summed E-state index contributed by atoms with van der Waals surface area (Å²) >= 11 is 2.67. The quantitative estimate of drug-likeness (QED) is 0.862. The maximum atomic E-state index is 12.0. The molecule has 1 aliphatic rings. The zero-order valence-corrected chi connectivity index (χ0v) is 13.9. The van der Waals surface area contributed by atoms with Gasteiger partial charge in [0.05, 0.1) is 4.88 Å². The molecule has 2 aromatic rings. The predicted octanol–water partition coefficient (Wildman–Crippen LogP) is 2.80. The van der Waals surface area contributed by atoms with E-state index in [4.69, 9.17) is 4.74 Å². The Morgan fingerprint density at radius 2 is 2.00 bits per heavy atom. The summed E-state index contributed by atoms with van der Waals surface area (Å²) in [5.41, 5.74) is 1.21. The third-order valence-electron chi connectivity index (χ3n) is 3.53. The van der Waals surface area contributed by atoms with Crippen molar-refractivity contribution in [3.05, 3.63) is 43.8 Å². The van der Waals surface area contributed by atoms with Gasteiger partial charge in [0.2, 0.25) is 0 Å². The van der Waals surface area contributed by atoms with E-state index in [1.165, 1.54) is 33.1 Å². The van der Waals surface area contributed by atoms with Gasteiger partial charge in [-0.1, -0.05) is 6.07 Å². The Bertz CT molecular complexity index is 710. The normalized spacial score (nSPS) is 13.2. The van der Waals surface area contributed by atoms with Gasteiger partial charge in [-0.05, 0) is 48.8 Å². The monoisotopic (exact) mass is 349 g/mol. The van der Waals surface area contributed by atoms with Crippen LogP contribution in [-0.4, -0.2) is 24.4 Å². The van der Waals surface area contributed by atoms with E-state index in [1.807, 2.05) is 6.07 Å². The van der Waals surface area contributed by atoms with Gasteiger partial charge in [-0.15, -0.1) is 22.7 Å². The Morgan fingerprint density at radius 3 is 2.74 bits per heavy atom. The summed E-state index contributed by atoms with van der Waals surface area (Å²) in [4.78, 5) is 37.6. The van der Waals surface area contributed by atoms with Crippen molar-refractivity contribution in [3.8, 4) is 0 Å². The average molecular weight is 349 g/mol. The number of ether oxygens (including phenoxy) is 1. The first-order valence-corrected chi connectivity index (χ1v) is 8.99. The molecule has 0 saturated carbocycles. The average Bonchev–Trinajstić information content (AvgIpc) is 3.21. The number of carbonyl (C=O) groups is 3. The van der Waals surface area contributed by atoms with Crippen molar-refractivity contribution < 1.29 is 19.1 Å². The highest BCUT2D eigenvalue weighted by atomic mass is 32.1. The lowest BCUT2D eigenvalue weighted by Crippen LogP contribution is -2.33. The molecule has 0 aliphatic heterocycles. The van der Waals surface area contributed by atoms with E-state index in [0.29, 0.717) is 9.75 Å². The second-order valence-electron chi connectivity index (χ2n) is 5.20. The Labute approximate surface area is 141 Å². The molecule has 0 radical (unpaired) electrons. The van der Waals surface area contributed by atoms with E-state index < -0.39 is 24.4 Å². The number of amides is 2. The predicted molar refractivity (Wildman–Crippen MR) is 88.0 cm³/mol. The molecule has 2 amide bonds. The Balaban J connectivity index is 1.51. The zero-order chi connectivity index (χ0) is 16.2. The fraction of sp³-hybridized carbons (Fsp3) is 0.312. The SMILES string of the molecule is O=C(COC(=O)c1cc2c(s1)CCCC2)NC(=O)c1cccs1. The van der Waals surface area contributed by atoms with Crippen LogP contribution < -0.4 is 5.32 Å². The van der Waals surface area contributed by atoms with Crippen LogP contribution in [0.15, 0.2) is 23.6 Å². The van der Waals surface area contributed by atoms with Crippen LogP contribution in [0.1, 0.15) is 42.6 Å². The summed E-state index contributed by atoms with van der Waals surface area (Å²) in [5, 5.41) is 3.94. The van der Waals surface area contributed by atoms with Crippen LogP contribution >= 0.6 is 22.7 Å². The van der Waals surface area contributed by atoms with Gasteiger partial charge in [0.25, 0.3) is 11.8 Å². The van der Waals surface area contributed by atoms with E-state index in [-0.39, 0.29) is 0 Å². The molecule has 120 valence electrons. The molecule has 1 aliphatic carbocycles. The molecule has 3 rings (SSSR count). The van der Waals surface area contributed by atoms with Crippen LogP contribution in [-0.2, 0) is 22.4 Å². The van der Waals surface area contributed by atoms with Crippen LogP contribution in [0.25, 0.3) is 0 Å². The fourth-order valence-electron chi connectivity index (χ4n) is 2.43. The molecule has 0 saturated heterocycles. The van der Waals surface area contributed by atoms with Crippen molar-refractivity contribution in [3.63, 3.8) is 0 Å². The van der Waals surface area contributed by atoms with Gasteiger partial charge in [0.1, 0.15) is 4.88 Å². The van der Waals surface area contributed by atoms with Gasteiger partial charge in [0.15, 0.2) is 6.61 Å². The van der Waals surface area contributed by atoms with Crippen LogP contribution in [0.4, 0.5) is 0 Å². The van der Waals surface area contributed by atoms with Crippen molar-refractivity contribution in [2.75, 3.05) is 6.61 Å². The molecule has 0 spiro atoms. The van der Waals surface area contributed by atoms with Crippen molar-refractivity contribution in [1.82, 2.24) is 5.32 Å². The Morgan fingerprint density at radius 1 is 1.17 bits per heavy atom. The fourth-order valence-corrected chi connectivity index (χ4v) is 4.19. The first-order valence-electron chi connectivity index (χ1n) is 7.30. The van der Waals surface area contributed by atoms with E-state index in [1.54, 1.807) is 17.5 Å². The summed E-state index contributed by atoms with van der Waals surface area (Å²) in [5.74, 6) is -1.62. The topological polar surface area (TPSA) is 72.5 Å². The minimum atomic E-state index is -0.627. The summed E-state index contributed by atoms with van der Waals surface area (Å²) < 4.78 is 5.00. The molecule has 5 nitrogen and oxygen atoms in total. The molecule has 0 unspecified atom stereocenters. The van der Waals surface area contributed by atoms with Crippen LogP contribution in [0.5, 0.6) is 0 Å². The molecular weight excluding hydrogens is 334 g/mol. The van der Waals surface area contributed by atoms with E-state index in [9.17, 15) is 14.4 Å². The molecule has 0 aromatic carbocycles. The minimum Gasteiger partial charge on any atom is -0.451 e. The number of thiophene rings is 2. The summed E-state index contributed by atoms with van der Waals surface area (Å²) in [6.07, 6.45) is 4.29. The number of imide groups is 1. The highest BCUT2D eigenvalue weighted by Gasteiger charge is 2.19.